The summed E-state index contributed by atoms with van der Waals surface area (Å²) in [6.07, 6.45) is 1.10. The first-order valence-electron chi connectivity index (χ1n) is 9.39. The SMILES string of the molecule is CC1(C)CC(=O)C2=C(C1)N(c1cccc(F)c1)C(=O)CC2c1ccc(O)cc1. The third-order valence-electron chi connectivity index (χ3n) is 5.50. The number of anilines is 1. The lowest BCUT2D eigenvalue weighted by molar-refractivity contribution is -0.121. The van der Waals surface area contributed by atoms with Crippen LogP contribution in [0, 0.1) is 11.2 Å². The molecule has 1 N–H and O–H groups in total. The van der Waals surface area contributed by atoms with Gasteiger partial charge in [0.2, 0.25) is 5.91 Å². The Morgan fingerprint density at radius 1 is 1.07 bits per heavy atom. The minimum Gasteiger partial charge on any atom is -0.508 e. The van der Waals surface area contributed by atoms with Gasteiger partial charge in [0.1, 0.15) is 11.6 Å². The van der Waals surface area contributed by atoms with Gasteiger partial charge in [-0.1, -0.05) is 32.0 Å². The summed E-state index contributed by atoms with van der Waals surface area (Å²) in [5.41, 5.74) is 2.30. The number of amides is 1. The Bertz CT molecular complexity index is 991. The Balaban J connectivity index is 1.89. The Labute approximate surface area is 163 Å². The average Bonchev–Trinajstić information content (AvgIpc) is 2.60. The van der Waals surface area contributed by atoms with Gasteiger partial charge in [0.05, 0.1) is 5.69 Å². The molecule has 144 valence electrons. The van der Waals surface area contributed by atoms with Gasteiger partial charge in [0.15, 0.2) is 5.78 Å². The summed E-state index contributed by atoms with van der Waals surface area (Å²) in [7, 11) is 0. The van der Waals surface area contributed by atoms with Crippen LogP contribution in [0.1, 0.15) is 44.6 Å². The van der Waals surface area contributed by atoms with Crippen molar-refractivity contribution >= 4 is 17.4 Å². The number of carbonyl (C=O) groups excluding carboxylic acids is 2. The molecule has 1 amide bonds. The van der Waals surface area contributed by atoms with Gasteiger partial charge in [-0.3, -0.25) is 14.5 Å². The van der Waals surface area contributed by atoms with Crippen LogP contribution in [-0.2, 0) is 9.59 Å². The summed E-state index contributed by atoms with van der Waals surface area (Å²) >= 11 is 0. The topological polar surface area (TPSA) is 57.6 Å². The third-order valence-corrected chi connectivity index (χ3v) is 5.50. The number of phenolic OH excluding ortho intramolecular Hbond substituents is 1. The number of ketones is 1. The van der Waals surface area contributed by atoms with Crippen LogP contribution in [0.2, 0.25) is 0 Å². The number of aromatic hydroxyl groups is 1. The van der Waals surface area contributed by atoms with E-state index >= 15 is 0 Å². The van der Waals surface area contributed by atoms with Gasteiger partial charge >= 0.3 is 0 Å². The lowest BCUT2D eigenvalue weighted by Gasteiger charge is -2.43. The summed E-state index contributed by atoms with van der Waals surface area (Å²) in [5, 5.41) is 9.59. The van der Waals surface area contributed by atoms with Crippen molar-refractivity contribution in [2.75, 3.05) is 4.90 Å². The normalized spacial score (nSPS) is 21.7. The van der Waals surface area contributed by atoms with Gasteiger partial charge in [-0.15, -0.1) is 0 Å². The van der Waals surface area contributed by atoms with E-state index in [1.807, 2.05) is 13.8 Å². The van der Waals surface area contributed by atoms with Crippen LogP contribution < -0.4 is 4.90 Å². The van der Waals surface area contributed by atoms with Crippen molar-refractivity contribution in [1.29, 1.82) is 0 Å². The minimum atomic E-state index is -0.422. The predicted octanol–water partition coefficient (Wildman–Crippen LogP) is 4.70. The van der Waals surface area contributed by atoms with Gasteiger partial charge in [-0.2, -0.15) is 0 Å². The van der Waals surface area contributed by atoms with Crippen molar-refractivity contribution in [2.45, 2.75) is 39.0 Å². The maximum atomic E-state index is 13.8. The molecule has 1 aliphatic carbocycles. The maximum Gasteiger partial charge on any atom is 0.232 e. The van der Waals surface area contributed by atoms with Crippen LogP contribution in [0.4, 0.5) is 10.1 Å². The highest BCUT2D eigenvalue weighted by Crippen LogP contribution is 2.48. The Morgan fingerprint density at radius 2 is 1.79 bits per heavy atom. The first-order chi connectivity index (χ1) is 13.2. The molecule has 0 saturated heterocycles. The van der Waals surface area contributed by atoms with Crippen molar-refractivity contribution < 1.29 is 19.1 Å². The van der Waals surface area contributed by atoms with E-state index < -0.39 is 5.82 Å². The number of hydrogen-bond donors (Lipinski definition) is 1. The van der Waals surface area contributed by atoms with Gasteiger partial charge < -0.3 is 5.11 Å². The molecule has 4 nitrogen and oxygen atoms in total. The molecule has 2 aromatic rings. The fourth-order valence-corrected chi connectivity index (χ4v) is 4.32. The van der Waals surface area contributed by atoms with Gasteiger partial charge in [-0.05, 0) is 47.7 Å². The van der Waals surface area contributed by atoms with Crippen molar-refractivity contribution in [2.24, 2.45) is 5.41 Å². The monoisotopic (exact) mass is 379 g/mol. The number of nitrogens with zero attached hydrogens (tertiary/aromatic N) is 1. The van der Waals surface area contributed by atoms with Crippen LogP contribution in [0.5, 0.6) is 5.75 Å². The standard InChI is InChI=1S/C23H22FNO3/c1-23(2)12-19-22(20(27)13-23)18(14-6-8-17(26)9-7-14)11-21(28)25(19)16-5-3-4-15(24)10-16/h3-10,18,26H,11-13H2,1-2H3. The second-order valence-corrected chi connectivity index (χ2v) is 8.36. The van der Waals surface area contributed by atoms with Crippen LogP contribution >= 0.6 is 0 Å². The van der Waals surface area contributed by atoms with E-state index in [1.165, 1.54) is 17.0 Å². The molecule has 4 rings (SSSR count). The van der Waals surface area contributed by atoms with Crippen LogP contribution in [0.25, 0.3) is 0 Å². The number of phenols is 1. The Hall–Kier alpha value is -2.95. The lowest BCUT2D eigenvalue weighted by atomic mass is 9.69. The molecule has 0 radical (unpaired) electrons. The quantitative estimate of drug-likeness (QED) is 0.823. The summed E-state index contributed by atoms with van der Waals surface area (Å²) in [5.74, 6) is -0.769. The first-order valence-corrected chi connectivity index (χ1v) is 9.39. The molecule has 1 unspecified atom stereocenters. The molecule has 1 heterocycles. The molecule has 0 spiro atoms. The summed E-state index contributed by atoms with van der Waals surface area (Å²) < 4.78 is 13.8. The number of carbonyl (C=O) groups is 2. The first kappa shape index (κ1) is 18.4. The fraction of sp³-hybridized carbons (Fsp3) is 0.304. The number of allylic oxidation sites excluding steroid dienone is 2. The van der Waals surface area contributed by atoms with Crippen molar-refractivity contribution in [3.05, 3.63) is 71.2 Å². The molecule has 0 aromatic heterocycles. The lowest BCUT2D eigenvalue weighted by Crippen LogP contribution is -2.43. The van der Waals surface area contributed by atoms with Crippen LogP contribution in [0.3, 0.4) is 0 Å². The van der Waals surface area contributed by atoms with Crippen molar-refractivity contribution in [1.82, 2.24) is 0 Å². The van der Waals surface area contributed by atoms with Crippen LogP contribution in [0.15, 0.2) is 59.8 Å². The van der Waals surface area contributed by atoms with Gasteiger partial charge in [0, 0.05) is 30.0 Å². The highest BCUT2D eigenvalue weighted by Gasteiger charge is 2.44. The average molecular weight is 379 g/mol. The Kier molecular flexibility index (Phi) is 4.33. The van der Waals surface area contributed by atoms with E-state index in [-0.39, 0.29) is 35.2 Å². The maximum absolute atomic E-state index is 13.8. The molecular formula is C23H22FNO3. The zero-order valence-electron chi connectivity index (χ0n) is 15.9. The van der Waals surface area contributed by atoms with E-state index in [1.54, 1.807) is 36.4 Å². The number of Topliss-reactive ketones (excluding diaryl/α,β-unsaturated/α-hetero) is 1. The third kappa shape index (κ3) is 3.21. The highest BCUT2D eigenvalue weighted by molar-refractivity contribution is 6.07. The van der Waals surface area contributed by atoms with Gasteiger partial charge in [-0.25, -0.2) is 4.39 Å². The zero-order valence-corrected chi connectivity index (χ0v) is 15.9. The zero-order chi connectivity index (χ0) is 20.1. The molecule has 2 aliphatic rings. The molecule has 0 saturated carbocycles. The highest BCUT2D eigenvalue weighted by atomic mass is 19.1. The van der Waals surface area contributed by atoms with Gasteiger partial charge in [0.25, 0.3) is 0 Å². The number of rotatable bonds is 2. The van der Waals surface area contributed by atoms with E-state index in [0.29, 0.717) is 29.8 Å². The van der Waals surface area contributed by atoms with Crippen molar-refractivity contribution in [3.63, 3.8) is 0 Å². The molecule has 0 fully saturated rings. The van der Waals surface area contributed by atoms with E-state index in [0.717, 1.165) is 5.56 Å². The molecular weight excluding hydrogens is 357 g/mol. The largest absolute Gasteiger partial charge is 0.508 e. The smallest absolute Gasteiger partial charge is 0.232 e. The summed E-state index contributed by atoms with van der Waals surface area (Å²) in [4.78, 5) is 27.8. The van der Waals surface area contributed by atoms with Crippen molar-refractivity contribution in [3.8, 4) is 5.75 Å². The Morgan fingerprint density at radius 3 is 2.46 bits per heavy atom. The molecule has 1 atom stereocenters. The predicted molar refractivity (Wildman–Crippen MR) is 104 cm³/mol. The van der Waals surface area contributed by atoms with E-state index in [2.05, 4.69) is 0 Å². The summed E-state index contributed by atoms with van der Waals surface area (Å²) in [6.45, 7) is 4.01. The van der Waals surface area contributed by atoms with E-state index in [4.69, 9.17) is 0 Å². The second kappa shape index (κ2) is 6.59. The van der Waals surface area contributed by atoms with Crippen LogP contribution in [-0.4, -0.2) is 16.8 Å². The molecule has 28 heavy (non-hydrogen) atoms. The molecule has 0 bridgehead atoms. The molecule has 2 aromatic carbocycles. The number of benzene rings is 2. The van der Waals surface area contributed by atoms with E-state index in [9.17, 15) is 19.1 Å². The number of halogens is 1. The number of hydrogen-bond acceptors (Lipinski definition) is 3. The fourth-order valence-electron chi connectivity index (χ4n) is 4.32. The second-order valence-electron chi connectivity index (χ2n) is 8.36. The minimum absolute atomic E-state index is 0.0261. The molecule has 5 heteroatoms. The molecule has 1 aliphatic heterocycles. The summed E-state index contributed by atoms with van der Waals surface area (Å²) in [6, 6.07) is 12.6.